The molecule has 0 N–H and O–H groups in total. The number of benzene rings is 1. The molecule has 0 aromatic heterocycles. The summed E-state index contributed by atoms with van der Waals surface area (Å²) >= 11 is 2.82. The van der Waals surface area contributed by atoms with E-state index >= 15 is 0 Å². The van der Waals surface area contributed by atoms with Crippen LogP contribution in [0.25, 0.3) is 0 Å². The smallest absolute Gasteiger partial charge is 0.206 e. The third kappa shape index (κ3) is 5.26. The van der Waals surface area contributed by atoms with Gasteiger partial charge in [0, 0.05) is 6.42 Å². The molecule has 0 fully saturated rings. The highest BCUT2D eigenvalue weighted by Crippen LogP contribution is 2.23. The van der Waals surface area contributed by atoms with Crippen molar-refractivity contribution in [3.8, 4) is 0 Å². The van der Waals surface area contributed by atoms with Crippen molar-refractivity contribution in [3.63, 3.8) is 0 Å². The Balaban J connectivity index is 2.18. The van der Waals surface area contributed by atoms with Gasteiger partial charge in [0.1, 0.15) is 0 Å². The lowest BCUT2D eigenvalue weighted by Gasteiger charge is -2.12. The lowest BCUT2D eigenvalue weighted by atomic mass is 10.1. The number of unbranched alkanes of at least 4 members (excludes halogenated alkanes) is 1. The molecule has 1 rings (SSSR count). The van der Waals surface area contributed by atoms with Crippen molar-refractivity contribution in [1.29, 1.82) is 0 Å². The third-order valence-electron chi connectivity index (χ3n) is 2.30. The molecule has 84 valence electrons. The summed E-state index contributed by atoms with van der Waals surface area (Å²) in [6.45, 7) is 0. The molecule has 0 spiro atoms. The van der Waals surface area contributed by atoms with Gasteiger partial charge >= 0.3 is 0 Å². The van der Waals surface area contributed by atoms with Crippen LogP contribution in [0.5, 0.6) is 0 Å². The Bertz CT molecular complexity index is 272. The van der Waals surface area contributed by atoms with Gasteiger partial charge in [-0.25, -0.2) is 8.78 Å². The Morgan fingerprint density at radius 2 is 1.73 bits per heavy atom. The minimum absolute atomic E-state index is 0.0227. The van der Waals surface area contributed by atoms with Crippen LogP contribution in [0.1, 0.15) is 24.8 Å². The lowest BCUT2D eigenvalue weighted by molar-refractivity contribution is 0.0171. The summed E-state index contributed by atoms with van der Waals surface area (Å²) in [6.07, 6.45) is 2.27. The van der Waals surface area contributed by atoms with E-state index in [0.29, 0.717) is 6.42 Å². The van der Waals surface area contributed by atoms with Gasteiger partial charge in [0.25, 0.3) is 5.92 Å². The second kappa shape index (κ2) is 6.21. The van der Waals surface area contributed by atoms with Crippen LogP contribution in [0.3, 0.4) is 0 Å². The molecule has 0 amide bonds. The Labute approximate surface area is 97.8 Å². The molecule has 0 aliphatic rings. The molecule has 0 nitrogen and oxygen atoms in total. The van der Waals surface area contributed by atoms with Crippen LogP contribution in [0.15, 0.2) is 30.3 Å². The summed E-state index contributed by atoms with van der Waals surface area (Å²) in [6, 6.07) is 9.97. The average molecular weight is 277 g/mol. The van der Waals surface area contributed by atoms with Gasteiger partial charge in [0.05, 0.1) is 5.33 Å². The topological polar surface area (TPSA) is 0 Å². The van der Waals surface area contributed by atoms with Gasteiger partial charge < -0.3 is 0 Å². The largest absolute Gasteiger partial charge is 0.257 e. The molecule has 0 atom stereocenters. The number of rotatable bonds is 6. The molecule has 1 aromatic rings. The van der Waals surface area contributed by atoms with Gasteiger partial charge in [-0.1, -0.05) is 46.3 Å². The van der Waals surface area contributed by atoms with Crippen LogP contribution in [-0.4, -0.2) is 11.3 Å². The van der Waals surface area contributed by atoms with Crippen LogP contribution in [0, 0.1) is 0 Å². The van der Waals surface area contributed by atoms with E-state index in [2.05, 4.69) is 15.9 Å². The molecule has 0 radical (unpaired) electrons. The Morgan fingerprint density at radius 1 is 1.07 bits per heavy atom. The van der Waals surface area contributed by atoms with Crippen molar-refractivity contribution in [3.05, 3.63) is 35.9 Å². The predicted octanol–water partition coefficient (Wildman–Crippen LogP) is 4.43. The van der Waals surface area contributed by atoms with Crippen LogP contribution >= 0.6 is 15.9 Å². The molecule has 15 heavy (non-hydrogen) atoms. The summed E-state index contributed by atoms with van der Waals surface area (Å²) in [5.41, 5.74) is 1.22. The van der Waals surface area contributed by atoms with Crippen LogP contribution in [-0.2, 0) is 6.42 Å². The number of halogens is 3. The van der Waals surface area contributed by atoms with E-state index in [1.807, 2.05) is 30.3 Å². The maximum absolute atomic E-state index is 12.8. The van der Waals surface area contributed by atoms with E-state index in [-0.39, 0.29) is 11.8 Å². The predicted molar refractivity (Wildman–Crippen MR) is 62.7 cm³/mol. The summed E-state index contributed by atoms with van der Waals surface area (Å²) in [5, 5.41) is -0.231. The van der Waals surface area contributed by atoms with E-state index in [4.69, 9.17) is 0 Å². The fourth-order valence-electron chi connectivity index (χ4n) is 1.42. The molecular weight excluding hydrogens is 262 g/mol. The molecule has 0 aliphatic heterocycles. The zero-order valence-electron chi connectivity index (χ0n) is 8.56. The molecular formula is C12H15BrF2. The van der Waals surface area contributed by atoms with E-state index in [0.717, 1.165) is 12.8 Å². The number of hydrogen-bond acceptors (Lipinski definition) is 0. The maximum Gasteiger partial charge on any atom is 0.257 e. The van der Waals surface area contributed by atoms with Crippen molar-refractivity contribution in [1.82, 2.24) is 0 Å². The average Bonchev–Trinajstić information content (AvgIpc) is 2.26. The van der Waals surface area contributed by atoms with E-state index in [1.165, 1.54) is 5.56 Å². The first kappa shape index (κ1) is 12.6. The molecule has 1 aromatic carbocycles. The fourth-order valence-corrected chi connectivity index (χ4v) is 1.70. The highest BCUT2D eigenvalue weighted by Gasteiger charge is 2.25. The Kier molecular flexibility index (Phi) is 5.23. The van der Waals surface area contributed by atoms with E-state index in [1.54, 1.807) is 0 Å². The van der Waals surface area contributed by atoms with E-state index < -0.39 is 5.92 Å². The van der Waals surface area contributed by atoms with Gasteiger partial charge in [-0.3, -0.25) is 0 Å². The highest BCUT2D eigenvalue weighted by atomic mass is 79.9. The monoisotopic (exact) mass is 276 g/mol. The third-order valence-corrected chi connectivity index (χ3v) is 3.12. The van der Waals surface area contributed by atoms with Gasteiger partial charge in [-0.2, -0.15) is 0 Å². The number of aryl methyl sites for hydroxylation is 1. The van der Waals surface area contributed by atoms with E-state index in [9.17, 15) is 8.78 Å². The molecule has 0 heterocycles. The highest BCUT2D eigenvalue weighted by molar-refractivity contribution is 9.09. The number of hydrogen-bond donors (Lipinski definition) is 0. The number of alkyl halides is 3. The molecule has 3 heteroatoms. The van der Waals surface area contributed by atoms with Crippen LogP contribution in [0.2, 0.25) is 0 Å². The first-order valence-electron chi connectivity index (χ1n) is 5.12. The molecule has 0 saturated carbocycles. The second-order valence-electron chi connectivity index (χ2n) is 3.68. The van der Waals surface area contributed by atoms with Crippen molar-refractivity contribution in [2.75, 3.05) is 5.33 Å². The normalized spacial score (nSPS) is 11.7. The Hall–Kier alpha value is -0.440. The Morgan fingerprint density at radius 3 is 2.33 bits per heavy atom. The maximum atomic E-state index is 12.8. The molecule has 0 aliphatic carbocycles. The first-order valence-corrected chi connectivity index (χ1v) is 6.24. The SMILES string of the molecule is FC(F)(CBr)CCCCc1ccccc1. The van der Waals surface area contributed by atoms with Crippen molar-refractivity contribution in [2.45, 2.75) is 31.6 Å². The quantitative estimate of drug-likeness (QED) is 0.533. The molecule has 0 unspecified atom stereocenters. The summed E-state index contributed by atoms with van der Waals surface area (Å²) in [5.74, 6) is -2.54. The van der Waals surface area contributed by atoms with Crippen molar-refractivity contribution >= 4 is 15.9 Å². The summed E-state index contributed by atoms with van der Waals surface area (Å²) in [4.78, 5) is 0. The summed E-state index contributed by atoms with van der Waals surface area (Å²) in [7, 11) is 0. The second-order valence-corrected chi connectivity index (χ2v) is 4.24. The van der Waals surface area contributed by atoms with Crippen LogP contribution in [0.4, 0.5) is 8.78 Å². The van der Waals surface area contributed by atoms with Crippen molar-refractivity contribution < 1.29 is 8.78 Å². The van der Waals surface area contributed by atoms with Gasteiger partial charge in [-0.15, -0.1) is 0 Å². The van der Waals surface area contributed by atoms with Crippen molar-refractivity contribution in [2.24, 2.45) is 0 Å². The van der Waals surface area contributed by atoms with Gasteiger partial charge in [-0.05, 0) is 24.8 Å². The standard InChI is InChI=1S/C12H15BrF2/c13-10-12(14,15)9-5-4-8-11-6-2-1-3-7-11/h1-3,6-7H,4-5,8-10H2. The van der Waals surface area contributed by atoms with Crippen LogP contribution < -0.4 is 0 Å². The molecule has 0 saturated heterocycles. The van der Waals surface area contributed by atoms with Gasteiger partial charge in [0.2, 0.25) is 0 Å². The first-order chi connectivity index (χ1) is 7.14. The lowest BCUT2D eigenvalue weighted by Crippen LogP contribution is -2.17. The summed E-state index contributed by atoms with van der Waals surface area (Å²) < 4.78 is 25.7. The minimum atomic E-state index is -2.54. The minimum Gasteiger partial charge on any atom is -0.206 e. The van der Waals surface area contributed by atoms with Gasteiger partial charge in [0.15, 0.2) is 0 Å². The zero-order valence-corrected chi connectivity index (χ0v) is 10.1. The molecule has 0 bridgehead atoms. The zero-order chi connectivity index (χ0) is 11.1. The fraction of sp³-hybridized carbons (Fsp3) is 0.500.